The van der Waals surface area contributed by atoms with Crippen LogP contribution < -0.4 is 10.2 Å². The first-order chi connectivity index (χ1) is 9.06. The molecule has 1 saturated heterocycles. The Kier molecular flexibility index (Phi) is 4.43. The summed E-state index contributed by atoms with van der Waals surface area (Å²) < 4.78 is 0. The minimum Gasteiger partial charge on any atom is -0.481 e. The Morgan fingerprint density at radius 1 is 1.53 bits per heavy atom. The lowest BCUT2D eigenvalue weighted by Crippen LogP contribution is -2.55. The van der Waals surface area contributed by atoms with E-state index in [1.807, 2.05) is 0 Å². The maximum absolute atomic E-state index is 10.8. The van der Waals surface area contributed by atoms with Crippen molar-refractivity contribution in [2.75, 3.05) is 18.0 Å². The predicted octanol–water partition coefficient (Wildman–Crippen LogP) is 2.03. The van der Waals surface area contributed by atoms with Gasteiger partial charge in [-0.25, -0.2) is 0 Å². The van der Waals surface area contributed by atoms with Crippen LogP contribution in [0, 0.1) is 6.92 Å². The Morgan fingerprint density at radius 2 is 2.32 bits per heavy atom. The monoisotopic (exact) mass is 262 g/mol. The maximum Gasteiger partial charge on any atom is 0.303 e. The molecule has 4 nitrogen and oxygen atoms in total. The van der Waals surface area contributed by atoms with Gasteiger partial charge in [0.2, 0.25) is 0 Å². The SMILES string of the molecule is Cc1cccc(N2CC(C)NCC2CCC(=O)O)c1. The van der Waals surface area contributed by atoms with Gasteiger partial charge in [0, 0.05) is 37.3 Å². The topological polar surface area (TPSA) is 52.6 Å². The van der Waals surface area contributed by atoms with E-state index in [-0.39, 0.29) is 12.5 Å². The van der Waals surface area contributed by atoms with Crippen molar-refractivity contribution in [3.05, 3.63) is 29.8 Å². The highest BCUT2D eigenvalue weighted by Crippen LogP contribution is 2.23. The van der Waals surface area contributed by atoms with Crippen LogP contribution >= 0.6 is 0 Å². The van der Waals surface area contributed by atoms with Gasteiger partial charge in [-0.3, -0.25) is 4.79 Å². The fraction of sp³-hybridized carbons (Fsp3) is 0.533. The number of carboxylic acids is 1. The Hall–Kier alpha value is -1.55. The van der Waals surface area contributed by atoms with Crippen molar-refractivity contribution in [3.8, 4) is 0 Å². The molecule has 0 bridgehead atoms. The highest BCUT2D eigenvalue weighted by atomic mass is 16.4. The van der Waals surface area contributed by atoms with Crippen molar-refractivity contribution < 1.29 is 9.90 Å². The number of rotatable bonds is 4. The molecule has 1 heterocycles. The molecular weight excluding hydrogens is 240 g/mol. The van der Waals surface area contributed by atoms with Gasteiger partial charge in [0.05, 0.1) is 0 Å². The molecule has 104 valence electrons. The highest BCUT2D eigenvalue weighted by Gasteiger charge is 2.26. The lowest BCUT2D eigenvalue weighted by molar-refractivity contribution is -0.137. The second kappa shape index (κ2) is 6.06. The van der Waals surface area contributed by atoms with Gasteiger partial charge in [0.1, 0.15) is 0 Å². The zero-order valence-electron chi connectivity index (χ0n) is 11.6. The molecule has 0 aromatic heterocycles. The second-order valence-electron chi connectivity index (χ2n) is 5.39. The van der Waals surface area contributed by atoms with Gasteiger partial charge in [-0.1, -0.05) is 12.1 Å². The van der Waals surface area contributed by atoms with E-state index in [0.29, 0.717) is 12.5 Å². The Morgan fingerprint density at radius 3 is 3.00 bits per heavy atom. The van der Waals surface area contributed by atoms with Crippen molar-refractivity contribution in [3.63, 3.8) is 0 Å². The van der Waals surface area contributed by atoms with E-state index >= 15 is 0 Å². The van der Waals surface area contributed by atoms with Crippen molar-refractivity contribution in [2.24, 2.45) is 0 Å². The van der Waals surface area contributed by atoms with Crippen LogP contribution in [0.2, 0.25) is 0 Å². The Labute approximate surface area is 114 Å². The molecule has 1 aromatic rings. The molecule has 1 aromatic carbocycles. The van der Waals surface area contributed by atoms with Crippen LogP contribution in [0.1, 0.15) is 25.3 Å². The lowest BCUT2D eigenvalue weighted by Gasteiger charge is -2.41. The first-order valence-electron chi connectivity index (χ1n) is 6.85. The molecule has 1 aliphatic rings. The van der Waals surface area contributed by atoms with E-state index in [1.54, 1.807) is 0 Å². The zero-order valence-corrected chi connectivity index (χ0v) is 11.6. The molecule has 2 rings (SSSR count). The van der Waals surface area contributed by atoms with E-state index in [2.05, 4.69) is 48.3 Å². The van der Waals surface area contributed by atoms with Crippen LogP contribution in [0.3, 0.4) is 0 Å². The van der Waals surface area contributed by atoms with E-state index in [0.717, 1.165) is 13.1 Å². The van der Waals surface area contributed by atoms with Gasteiger partial charge >= 0.3 is 5.97 Å². The number of anilines is 1. The summed E-state index contributed by atoms with van der Waals surface area (Å²) in [6.45, 7) is 6.02. The summed E-state index contributed by atoms with van der Waals surface area (Å²) in [5.74, 6) is -0.720. The summed E-state index contributed by atoms with van der Waals surface area (Å²) in [7, 11) is 0. The summed E-state index contributed by atoms with van der Waals surface area (Å²) in [5.41, 5.74) is 2.43. The molecule has 1 fully saturated rings. The fourth-order valence-corrected chi connectivity index (χ4v) is 2.63. The Balaban J connectivity index is 2.14. The standard InChI is InChI=1S/C15H22N2O2/c1-11-4-3-5-13(8-11)17-10-12(2)16-9-14(17)6-7-15(18)19/h3-5,8,12,14,16H,6-7,9-10H2,1-2H3,(H,18,19). The Bertz CT molecular complexity index is 448. The molecule has 0 aliphatic carbocycles. The molecule has 0 saturated carbocycles. The molecular formula is C15H22N2O2. The highest BCUT2D eigenvalue weighted by molar-refractivity contribution is 5.66. The number of carboxylic acid groups (broad SMARTS) is 1. The predicted molar refractivity (Wildman–Crippen MR) is 76.6 cm³/mol. The number of aryl methyl sites for hydroxylation is 1. The van der Waals surface area contributed by atoms with Gasteiger partial charge in [-0.15, -0.1) is 0 Å². The van der Waals surface area contributed by atoms with E-state index < -0.39 is 5.97 Å². The van der Waals surface area contributed by atoms with Gasteiger partial charge in [-0.05, 0) is 38.0 Å². The van der Waals surface area contributed by atoms with Crippen molar-refractivity contribution in [2.45, 2.75) is 38.8 Å². The average Bonchev–Trinajstić information content (AvgIpc) is 2.37. The third-order valence-corrected chi connectivity index (χ3v) is 3.64. The van der Waals surface area contributed by atoms with Crippen molar-refractivity contribution >= 4 is 11.7 Å². The van der Waals surface area contributed by atoms with Crippen LogP contribution in [0.4, 0.5) is 5.69 Å². The van der Waals surface area contributed by atoms with Crippen LogP contribution in [0.5, 0.6) is 0 Å². The van der Waals surface area contributed by atoms with Crippen LogP contribution in [0.25, 0.3) is 0 Å². The van der Waals surface area contributed by atoms with Crippen LogP contribution in [0.15, 0.2) is 24.3 Å². The van der Waals surface area contributed by atoms with Crippen molar-refractivity contribution in [1.82, 2.24) is 5.32 Å². The smallest absolute Gasteiger partial charge is 0.303 e. The summed E-state index contributed by atoms with van der Waals surface area (Å²) in [5, 5.41) is 12.3. The number of hydrogen-bond donors (Lipinski definition) is 2. The molecule has 1 aliphatic heterocycles. The maximum atomic E-state index is 10.8. The van der Waals surface area contributed by atoms with Crippen LogP contribution in [-0.2, 0) is 4.79 Å². The minimum absolute atomic E-state index is 0.225. The van der Waals surface area contributed by atoms with Gasteiger partial charge in [-0.2, -0.15) is 0 Å². The summed E-state index contributed by atoms with van der Waals surface area (Å²) in [4.78, 5) is 13.1. The molecule has 2 unspecified atom stereocenters. The largest absolute Gasteiger partial charge is 0.481 e. The number of nitrogens with zero attached hydrogens (tertiary/aromatic N) is 1. The van der Waals surface area contributed by atoms with E-state index in [4.69, 9.17) is 5.11 Å². The van der Waals surface area contributed by atoms with Crippen molar-refractivity contribution in [1.29, 1.82) is 0 Å². The molecule has 4 heteroatoms. The molecule has 0 radical (unpaired) electrons. The summed E-state index contributed by atoms with van der Waals surface area (Å²) in [6, 6.07) is 9.12. The molecule has 0 spiro atoms. The normalized spacial score (nSPS) is 23.4. The lowest BCUT2D eigenvalue weighted by atomic mass is 10.0. The zero-order chi connectivity index (χ0) is 13.8. The second-order valence-corrected chi connectivity index (χ2v) is 5.39. The first kappa shape index (κ1) is 13.9. The fourth-order valence-electron chi connectivity index (χ4n) is 2.63. The van der Waals surface area contributed by atoms with Gasteiger partial charge in [0.25, 0.3) is 0 Å². The molecule has 2 atom stereocenters. The summed E-state index contributed by atoms with van der Waals surface area (Å²) in [6.07, 6.45) is 0.909. The average molecular weight is 262 g/mol. The van der Waals surface area contributed by atoms with Gasteiger partial charge in [0.15, 0.2) is 0 Å². The van der Waals surface area contributed by atoms with E-state index in [1.165, 1.54) is 11.3 Å². The minimum atomic E-state index is -0.720. The van der Waals surface area contributed by atoms with Crippen LogP contribution in [-0.4, -0.2) is 36.2 Å². The number of piperazine rings is 1. The van der Waals surface area contributed by atoms with Gasteiger partial charge < -0.3 is 15.3 Å². The number of nitrogens with one attached hydrogen (secondary N) is 1. The first-order valence-corrected chi connectivity index (χ1v) is 6.85. The molecule has 2 N–H and O–H groups in total. The molecule has 0 amide bonds. The third-order valence-electron chi connectivity index (χ3n) is 3.64. The molecule has 19 heavy (non-hydrogen) atoms. The number of carbonyl (C=O) groups is 1. The number of hydrogen-bond acceptors (Lipinski definition) is 3. The quantitative estimate of drug-likeness (QED) is 0.871. The number of aliphatic carboxylic acids is 1. The van der Waals surface area contributed by atoms with E-state index in [9.17, 15) is 4.79 Å². The summed E-state index contributed by atoms with van der Waals surface area (Å²) >= 11 is 0. The third kappa shape index (κ3) is 3.70. The number of benzene rings is 1.